The zero-order chi connectivity index (χ0) is 10.7. The van der Waals surface area contributed by atoms with Crippen LogP contribution in [0.2, 0.25) is 0 Å². The second-order valence-electron chi connectivity index (χ2n) is 3.51. The molecule has 0 fully saturated rings. The summed E-state index contributed by atoms with van der Waals surface area (Å²) < 4.78 is 0. The number of anilines is 1. The fourth-order valence-corrected chi connectivity index (χ4v) is 1.37. The monoisotopic (exact) mass is 186 g/mol. The second kappa shape index (κ2) is 3.97. The molecule has 0 heterocycles. The molecule has 1 aromatic rings. The number of nitrogen functional groups attached to an aromatic ring is 1. The van der Waals surface area contributed by atoms with Gasteiger partial charge < -0.3 is 5.73 Å². The first kappa shape index (κ1) is 10.3. The zero-order valence-corrected chi connectivity index (χ0v) is 8.76. The minimum Gasteiger partial charge on any atom is -0.398 e. The number of aryl methyl sites for hydroxylation is 2. The molecule has 2 nitrogen and oxygen atoms in total. The van der Waals surface area contributed by atoms with Gasteiger partial charge in [0.05, 0.1) is 6.07 Å². The molecule has 1 rings (SSSR count). The summed E-state index contributed by atoms with van der Waals surface area (Å²) in [5, 5.41) is 8.65. The summed E-state index contributed by atoms with van der Waals surface area (Å²) in [6.07, 6.45) is 1.86. The van der Waals surface area contributed by atoms with Gasteiger partial charge in [0.25, 0.3) is 0 Å². The van der Waals surface area contributed by atoms with Gasteiger partial charge in [-0.3, -0.25) is 0 Å². The molecule has 0 saturated carbocycles. The highest BCUT2D eigenvalue weighted by atomic mass is 14.6. The van der Waals surface area contributed by atoms with E-state index in [-0.39, 0.29) is 0 Å². The predicted molar refractivity (Wildman–Crippen MR) is 59.6 cm³/mol. The molecule has 2 heteroatoms. The highest BCUT2D eigenvalue weighted by molar-refractivity contribution is 5.64. The van der Waals surface area contributed by atoms with Crippen molar-refractivity contribution in [1.29, 1.82) is 5.26 Å². The summed E-state index contributed by atoms with van der Waals surface area (Å²) in [7, 11) is 0. The van der Waals surface area contributed by atoms with Gasteiger partial charge in [0.1, 0.15) is 0 Å². The maximum Gasteiger partial charge on any atom is 0.0944 e. The van der Waals surface area contributed by atoms with Crippen LogP contribution in [-0.4, -0.2) is 0 Å². The van der Waals surface area contributed by atoms with Gasteiger partial charge in [-0.05, 0) is 55.7 Å². The Kier molecular flexibility index (Phi) is 2.93. The van der Waals surface area contributed by atoms with Crippen LogP contribution < -0.4 is 5.73 Å². The Morgan fingerprint density at radius 2 is 1.86 bits per heavy atom. The fraction of sp³-hybridized carbons (Fsp3) is 0.250. The average molecular weight is 186 g/mol. The number of nitriles is 1. The minimum atomic E-state index is 0.702. The van der Waals surface area contributed by atoms with Crippen molar-refractivity contribution >= 4 is 11.8 Å². The van der Waals surface area contributed by atoms with Gasteiger partial charge in [0.2, 0.25) is 0 Å². The Morgan fingerprint density at radius 1 is 1.36 bits per heavy atom. The molecule has 0 bridgehead atoms. The normalized spacial score (nSPS) is 11.1. The van der Waals surface area contributed by atoms with Crippen LogP contribution in [0.15, 0.2) is 17.7 Å². The Bertz CT molecular complexity index is 399. The Balaban J connectivity index is 3.21. The molecule has 1 aromatic carbocycles. The molecule has 72 valence electrons. The van der Waals surface area contributed by atoms with E-state index >= 15 is 0 Å². The second-order valence-corrected chi connectivity index (χ2v) is 3.51. The first-order valence-corrected chi connectivity index (χ1v) is 4.49. The molecule has 0 atom stereocenters. The van der Waals surface area contributed by atoms with E-state index < -0.39 is 0 Å². The predicted octanol–water partition coefficient (Wildman–Crippen LogP) is 2.81. The molecule has 0 aliphatic rings. The van der Waals surface area contributed by atoms with Crippen LogP contribution in [0.4, 0.5) is 5.69 Å². The molecule has 0 unspecified atom stereocenters. The van der Waals surface area contributed by atoms with Crippen LogP contribution in [0.5, 0.6) is 0 Å². The first-order valence-electron chi connectivity index (χ1n) is 4.49. The average Bonchev–Trinajstić information content (AvgIpc) is 2.14. The van der Waals surface area contributed by atoms with Gasteiger partial charge in [0, 0.05) is 11.3 Å². The lowest BCUT2D eigenvalue weighted by Crippen LogP contribution is -1.94. The number of nitrogens with zero attached hydrogens (tertiary/aromatic N) is 1. The zero-order valence-electron chi connectivity index (χ0n) is 8.76. The minimum absolute atomic E-state index is 0.702. The van der Waals surface area contributed by atoms with Crippen LogP contribution in [-0.2, 0) is 0 Å². The quantitative estimate of drug-likeness (QED) is 0.541. The fourth-order valence-electron chi connectivity index (χ4n) is 1.37. The summed E-state index contributed by atoms with van der Waals surface area (Å²) >= 11 is 0. The van der Waals surface area contributed by atoms with Crippen LogP contribution in [0.1, 0.15) is 23.6 Å². The van der Waals surface area contributed by atoms with Crippen molar-refractivity contribution in [1.82, 2.24) is 0 Å². The van der Waals surface area contributed by atoms with E-state index in [1.807, 2.05) is 32.1 Å². The summed E-state index contributed by atoms with van der Waals surface area (Å²) in [5.74, 6) is 0. The molecule has 0 aliphatic heterocycles. The highest BCUT2D eigenvalue weighted by Gasteiger charge is 1.99. The third-order valence-electron chi connectivity index (χ3n) is 2.18. The largest absolute Gasteiger partial charge is 0.398 e. The van der Waals surface area contributed by atoms with Gasteiger partial charge >= 0.3 is 0 Å². The van der Waals surface area contributed by atoms with Gasteiger partial charge in [0.15, 0.2) is 0 Å². The van der Waals surface area contributed by atoms with Crippen molar-refractivity contribution in [3.05, 3.63) is 34.4 Å². The van der Waals surface area contributed by atoms with Gasteiger partial charge in [-0.2, -0.15) is 5.26 Å². The SMILES string of the molecule is C/C(C#N)=C/c1cc(C)c(N)c(C)c1. The van der Waals surface area contributed by atoms with Crippen LogP contribution in [0.25, 0.3) is 6.08 Å². The van der Waals surface area contributed by atoms with E-state index in [4.69, 9.17) is 11.0 Å². The van der Waals surface area contributed by atoms with Crippen molar-refractivity contribution in [2.75, 3.05) is 5.73 Å². The summed E-state index contributed by atoms with van der Waals surface area (Å²) in [6, 6.07) is 6.08. The lowest BCUT2D eigenvalue weighted by Gasteiger charge is -2.05. The summed E-state index contributed by atoms with van der Waals surface area (Å²) in [4.78, 5) is 0. The van der Waals surface area contributed by atoms with Crippen molar-refractivity contribution in [2.45, 2.75) is 20.8 Å². The van der Waals surface area contributed by atoms with Crippen molar-refractivity contribution in [2.24, 2.45) is 0 Å². The van der Waals surface area contributed by atoms with Gasteiger partial charge in [-0.15, -0.1) is 0 Å². The topological polar surface area (TPSA) is 49.8 Å². The molecular weight excluding hydrogens is 172 g/mol. The molecule has 14 heavy (non-hydrogen) atoms. The molecular formula is C12H14N2. The lowest BCUT2D eigenvalue weighted by molar-refractivity contribution is 1.37. The summed E-state index contributed by atoms with van der Waals surface area (Å²) in [6.45, 7) is 5.74. The number of allylic oxidation sites excluding steroid dienone is 1. The van der Waals surface area contributed by atoms with E-state index in [0.717, 1.165) is 22.4 Å². The lowest BCUT2D eigenvalue weighted by atomic mass is 10.0. The third kappa shape index (κ3) is 2.14. The molecule has 0 saturated heterocycles. The van der Waals surface area contributed by atoms with E-state index in [2.05, 4.69) is 6.07 Å². The van der Waals surface area contributed by atoms with E-state index in [9.17, 15) is 0 Å². The van der Waals surface area contributed by atoms with Crippen molar-refractivity contribution < 1.29 is 0 Å². The van der Waals surface area contributed by atoms with E-state index in [0.29, 0.717) is 5.57 Å². The third-order valence-corrected chi connectivity index (χ3v) is 2.18. The number of hydrogen-bond acceptors (Lipinski definition) is 2. The Labute approximate surface area is 84.7 Å². The Morgan fingerprint density at radius 3 is 2.29 bits per heavy atom. The number of rotatable bonds is 1. The number of benzene rings is 1. The summed E-state index contributed by atoms with van der Waals surface area (Å²) in [5.41, 5.74) is 10.5. The molecule has 0 radical (unpaired) electrons. The first-order chi connectivity index (χ1) is 6.54. The van der Waals surface area contributed by atoms with Crippen molar-refractivity contribution in [3.8, 4) is 6.07 Å². The molecule has 0 amide bonds. The molecule has 0 aliphatic carbocycles. The maximum absolute atomic E-state index is 8.65. The van der Waals surface area contributed by atoms with Crippen LogP contribution in [0.3, 0.4) is 0 Å². The van der Waals surface area contributed by atoms with E-state index in [1.54, 1.807) is 6.92 Å². The highest BCUT2D eigenvalue weighted by Crippen LogP contribution is 2.20. The van der Waals surface area contributed by atoms with Crippen LogP contribution >= 0.6 is 0 Å². The maximum atomic E-state index is 8.65. The van der Waals surface area contributed by atoms with Gasteiger partial charge in [-0.1, -0.05) is 0 Å². The Hall–Kier alpha value is -1.75. The molecule has 0 aromatic heterocycles. The molecule has 0 spiro atoms. The molecule has 2 N–H and O–H groups in total. The smallest absolute Gasteiger partial charge is 0.0944 e. The number of hydrogen-bond donors (Lipinski definition) is 1. The van der Waals surface area contributed by atoms with Crippen molar-refractivity contribution in [3.63, 3.8) is 0 Å². The standard InChI is InChI=1S/C12H14N2/c1-8(7-13)4-11-5-9(2)12(14)10(3)6-11/h4-6H,14H2,1-3H3/b8-4-. The van der Waals surface area contributed by atoms with Gasteiger partial charge in [-0.25, -0.2) is 0 Å². The van der Waals surface area contributed by atoms with E-state index in [1.165, 1.54) is 0 Å². The van der Waals surface area contributed by atoms with Crippen LogP contribution in [0, 0.1) is 25.2 Å². The number of nitrogens with two attached hydrogens (primary N) is 1.